The van der Waals surface area contributed by atoms with Gasteiger partial charge in [-0.2, -0.15) is 0 Å². The fourth-order valence-electron chi connectivity index (χ4n) is 3.42. The molecule has 1 aliphatic heterocycles. The zero-order valence-electron chi connectivity index (χ0n) is 18.9. The average molecular weight is 477 g/mol. The van der Waals surface area contributed by atoms with Crippen LogP contribution in [0.15, 0.2) is 41.4 Å². The zero-order chi connectivity index (χ0) is 23.1. The van der Waals surface area contributed by atoms with E-state index in [-0.39, 0.29) is 11.9 Å². The first-order chi connectivity index (χ1) is 15.5. The van der Waals surface area contributed by atoms with Crippen molar-refractivity contribution in [2.45, 2.75) is 40.2 Å². The highest BCUT2D eigenvalue weighted by atomic mass is 35.5. The molecule has 0 N–H and O–H groups in total. The summed E-state index contributed by atoms with van der Waals surface area (Å²) in [5, 5.41) is 1.27. The van der Waals surface area contributed by atoms with Crippen molar-refractivity contribution in [2.75, 3.05) is 25.6 Å². The van der Waals surface area contributed by atoms with Gasteiger partial charge in [-0.15, -0.1) is 0 Å². The molecule has 0 aliphatic carbocycles. The van der Waals surface area contributed by atoms with Crippen molar-refractivity contribution in [1.82, 2.24) is 4.90 Å². The Hall–Kier alpha value is -2.38. The third-order valence-electron chi connectivity index (χ3n) is 4.86. The normalized spacial score (nSPS) is 17.0. The van der Waals surface area contributed by atoms with Crippen LogP contribution in [0.1, 0.15) is 44.5 Å². The monoisotopic (exact) mass is 476 g/mol. The highest BCUT2D eigenvalue weighted by Gasteiger charge is 2.35. The number of amidine groups is 1. The van der Waals surface area contributed by atoms with Gasteiger partial charge < -0.3 is 14.2 Å². The van der Waals surface area contributed by atoms with Gasteiger partial charge >= 0.3 is 0 Å². The Kier molecular flexibility index (Phi) is 8.70. The van der Waals surface area contributed by atoms with Crippen LogP contribution in [0.5, 0.6) is 17.2 Å². The van der Waals surface area contributed by atoms with Crippen LogP contribution in [-0.4, -0.2) is 47.6 Å². The number of carbonyl (C=O) groups is 1. The first-order valence-electron chi connectivity index (χ1n) is 10.9. The summed E-state index contributed by atoms with van der Waals surface area (Å²) in [5.41, 5.74) is 1.19. The van der Waals surface area contributed by atoms with Crippen molar-refractivity contribution < 1.29 is 19.0 Å². The van der Waals surface area contributed by atoms with Gasteiger partial charge in [0.1, 0.15) is 0 Å². The molecule has 172 valence electrons. The molecular formula is C24H29ClN2O4S. The maximum absolute atomic E-state index is 13.7. The Labute approximate surface area is 198 Å². The third-order valence-corrected chi connectivity index (χ3v) is 6.19. The number of rotatable bonds is 9. The Bertz CT molecular complexity index is 955. The molecule has 32 heavy (non-hydrogen) atoms. The van der Waals surface area contributed by atoms with Gasteiger partial charge in [-0.3, -0.25) is 9.69 Å². The molecule has 0 radical (unpaired) electrons. The quantitative estimate of drug-likeness (QED) is 0.431. The first kappa shape index (κ1) is 24.3. The van der Waals surface area contributed by atoms with E-state index in [0.29, 0.717) is 58.5 Å². The first-order valence-corrected chi connectivity index (χ1v) is 12.3. The molecule has 1 atom stereocenters. The molecule has 0 bridgehead atoms. The molecule has 1 unspecified atom stereocenters. The zero-order valence-corrected chi connectivity index (χ0v) is 20.5. The molecule has 3 rings (SSSR count). The number of aliphatic imine (C=N–C) groups is 1. The Morgan fingerprint density at radius 2 is 1.72 bits per heavy atom. The topological polar surface area (TPSA) is 60.4 Å². The molecule has 2 aromatic carbocycles. The summed E-state index contributed by atoms with van der Waals surface area (Å²) in [4.78, 5) is 20.2. The largest absolute Gasteiger partial charge is 0.490 e. The summed E-state index contributed by atoms with van der Waals surface area (Å²) in [6.45, 7) is 9.11. The van der Waals surface area contributed by atoms with E-state index >= 15 is 0 Å². The minimum atomic E-state index is -0.146. The number of amides is 1. The number of thioether (sulfide) groups is 1. The Morgan fingerprint density at radius 1 is 1.06 bits per heavy atom. The van der Waals surface area contributed by atoms with Crippen LogP contribution in [0.25, 0.3) is 0 Å². The van der Waals surface area contributed by atoms with E-state index < -0.39 is 0 Å². The molecule has 0 saturated carbocycles. The molecule has 1 aliphatic rings. The number of nitrogens with zero attached hydrogens (tertiary/aromatic N) is 2. The molecule has 0 aromatic heterocycles. The van der Waals surface area contributed by atoms with Crippen LogP contribution in [0, 0.1) is 0 Å². The van der Waals surface area contributed by atoms with Gasteiger partial charge in [0.15, 0.2) is 16.7 Å². The van der Waals surface area contributed by atoms with Crippen molar-refractivity contribution in [3.63, 3.8) is 0 Å². The number of halogens is 1. The lowest BCUT2D eigenvalue weighted by Crippen LogP contribution is -2.39. The second-order valence-electron chi connectivity index (χ2n) is 7.02. The van der Waals surface area contributed by atoms with Crippen molar-refractivity contribution in [2.24, 2.45) is 4.99 Å². The molecule has 8 heteroatoms. The smallest absolute Gasteiger partial charge is 0.260 e. The third kappa shape index (κ3) is 5.51. The van der Waals surface area contributed by atoms with E-state index in [0.717, 1.165) is 12.2 Å². The average Bonchev–Trinajstić information content (AvgIpc) is 3.18. The maximum Gasteiger partial charge on any atom is 0.260 e. The van der Waals surface area contributed by atoms with Crippen molar-refractivity contribution in [1.29, 1.82) is 0 Å². The van der Waals surface area contributed by atoms with Crippen LogP contribution in [-0.2, 0) is 0 Å². The van der Waals surface area contributed by atoms with Crippen LogP contribution in [0.3, 0.4) is 0 Å². The number of ether oxygens (including phenoxy) is 3. The molecule has 0 spiro atoms. The van der Waals surface area contributed by atoms with Gasteiger partial charge in [0.2, 0.25) is 5.75 Å². The van der Waals surface area contributed by atoms with E-state index in [4.69, 9.17) is 30.8 Å². The number of hydrogen-bond acceptors (Lipinski definition) is 6. The van der Waals surface area contributed by atoms with E-state index in [9.17, 15) is 4.79 Å². The summed E-state index contributed by atoms with van der Waals surface area (Å²) in [6.07, 6.45) is 0.820. The van der Waals surface area contributed by atoms with Gasteiger partial charge in [0.05, 0.1) is 25.5 Å². The fraction of sp³-hybridized carbons (Fsp3) is 0.417. The van der Waals surface area contributed by atoms with Crippen molar-refractivity contribution >= 4 is 40.1 Å². The Balaban J connectivity index is 2.04. The molecule has 2 aromatic rings. The van der Waals surface area contributed by atoms with Crippen molar-refractivity contribution in [3.8, 4) is 17.2 Å². The lowest BCUT2D eigenvalue weighted by Gasteiger charge is -2.24. The molecular weight excluding hydrogens is 448 g/mol. The summed E-state index contributed by atoms with van der Waals surface area (Å²) in [5.74, 6) is 2.15. The van der Waals surface area contributed by atoms with E-state index in [1.165, 1.54) is 0 Å². The number of carbonyl (C=O) groups excluding carboxylic acids is 1. The van der Waals surface area contributed by atoms with E-state index in [1.54, 1.807) is 40.9 Å². The lowest BCUT2D eigenvalue weighted by molar-refractivity contribution is 0.0818. The minimum Gasteiger partial charge on any atom is -0.490 e. The van der Waals surface area contributed by atoms with Crippen molar-refractivity contribution in [3.05, 3.63) is 47.0 Å². The predicted octanol–water partition coefficient (Wildman–Crippen LogP) is 6.19. The highest BCUT2D eigenvalue weighted by Crippen LogP contribution is 2.40. The minimum absolute atomic E-state index is 0.0445. The van der Waals surface area contributed by atoms with Gasteiger partial charge in [-0.05, 0) is 57.5 Å². The standard InChI is InChI=1S/C24H29ClN2O4S/c1-5-19-15-32-24(26-18-11-9-10-17(25)14-18)27(19)23(28)16-12-20(29-6-2)22(31-8-4)21(13-16)30-7-3/h9-14,19H,5-8,15H2,1-4H3. The van der Waals surface area contributed by atoms with Crippen LogP contribution in [0.2, 0.25) is 5.02 Å². The van der Waals surface area contributed by atoms with E-state index in [1.807, 2.05) is 32.9 Å². The number of hydrogen-bond donors (Lipinski definition) is 0. The second-order valence-corrected chi connectivity index (χ2v) is 8.45. The molecule has 1 fully saturated rings. The predicted molar refractivity (Wildman–Crippen MR) is 131 cm³/mol. The van der Waals surface area contributed by atoms with Gasteiger partial charge in [-0.25, -0.2) is 4.99 Å². The fourth-order valence-corrected chi connectivity index (χ4v) is 4.87. The molecule has 1 saturated heterocycles. The van der Waals surface area contributed by atoms with Gasteiger partial charge in [0, 0.05) is 22.4 Å². The summed E-state index contributed by atoms with van der Waals surface area (Å²) in [6, 6.07) is 10.8. The second kappa shape index (κ2) is 11.5. The molecule has 1 amide bonds. The summed E-state index contributed by atoms with van der Waals surface area (Å²) >= 11 is 7.69. The SMILES string of the molecule is CCOc1cc(C(=O)N2C(=Nc3cccc(Cl)c3)SCC2CC)cc(OCC)c1OCC. The van der Waals surface area contributed by atoms with Gasteiger partial charge in [0.25, 0.3) is 5.91 Å². The molecule has 1 heterocycles. The molecule has 6 nitrogen and oxygen atoms in total. The van der Waals surface area contributed by atoms with Crippen LogP contribution in [0.4, 0.5) is 5.69 Å². The number of benzene rings is 2. The highest BCUT2D eigenvalue weighted by molar-refractivity contribution is 8.14. The van der Waals surface area contributed by atoms with Crippen LogP contribution >= 0.6 is 23.4 Å². The van der Waals surface area contributed by atoms with Crippen LogP contribution < -0.4 is 14.2 Å². The van der Waals surface area contributed by atoms with Gasteiger partial charge in [-0.1, -0.05) is 36.4 Å². The lowest BCUT2D eigenvalue weighted by atomic mass is 10.1. The summed E-state index contributed by atoms with van der Waals surface area (Å²) < 4.78 is 17.4. The summed E-state index contributed by atoms with van der Waals surface area (Å²) in [7, 11) is 0. The van der Waals surface area contributed by atoms with E-state index in [2.05, 4.69) is 6.92 Å². The Morgan fingerprint density at radius 3 is 2.28 bits per heavy atom. The maximum atomic E-state index is 13.7.